The van der Waals surface area contributed by atoms with E-state index in [0.29, 0.717) is 6.54 Å². The van der Waals surface area contributed by atoms with Crippen molar-refractivity contribution in [2.45, 2.75) is 39.4 Å². The zero-order valence-electron chi connectivity index (χ0n) is 11.7. The largest absolute Gasteiger partial charge is 0.515 e. The van der Waals surface area contributed by atoms with Crippen molar-refractivity contribution in [3.8, 4) is 0 Å². The minimum absolute atomic E-state index is 0.0561. The van der Waals surface area contributed by atoms with Gasteiger partial charge < -0.3 is 9.53 Å². The van der Waals surface area contributed by atoms with Crippen LogP contribution in [0.3, 0.4) is 0 Å². The van der Waals surface area contributed by atoms with Crippen LogP contribution in [0.15, 0.2) is 12.2 Å². The summed E-state index contributed by atoms with van der Waals surface area (Å²) < 4.78 is 5.04. The Morgan fingerprint density at radius 1 is 1.33 bits per heavy atom. The summed E-state index contributed by atoms with van der Waals surface area (Å²) in [5, 5.41) is 8.82. The van der Waals surface area contributed by atoms with Crippen LogP contribution >= 0.6 is 0 Å². The highest BCUT2D eigenvalue weighted by molar-refractivity contribution is 6.50. The molecule has 0 unspecified atom stereocenters. The van der Waals surface area contributed by atoms with Crippen LogP contribution < -0.4 is 0 Å². The Balaban J connectivity index is 4.39. The summed E-state index contributed by atoms with van der Waals surface area (Å²) in [6.07, 6.45) is 3.00. The summed E-state index contributed by atoms with van der Waals surface area (Å²) >= 11 is 0. The molecule has 0 aliphatic rings. The first kappa shape index (κ1) is 16.9. The van der Waals surface area contributed by atoms with E-state index in [1.54, 1.807) is 11.0 Å². The number of hydrogen-bond donors (Lipinski definition) is 1. The lowest BCUT2D eigenvalue weighted by Crippen LogP contribution is -2.44. The van der Waals surface area contributed by atoms with Gasteiger partial charge in [-0.25, -0.2) is 4.79 Å². The fourth-order valence-electron chi connectivity index (χ4n) is 1.25. The van der Waals surface area contributed by atoms with Crippen molar-refractivity contribution >= 4 is 21.0 Å². The zero-order valence-corrected chi connectivity index (χ0v) is 12.7. The Kier molecular flexibility index (Phi) is 6.86. The summed E-state index contributed by atoms with van der Waals surface area (Å²) in [4.78, 5) is 23.8. The second-order valence-corrected chi connectivity index (χ2v) is 7.20. The Bertz CT molecular complexity index is 321. The minimum atomic E-state index is -1.04. The van der Waals surface area contributed by atoms with Crippen LogP contribution in [-0.2, 0) is 14.0 Å². The van der Waals surface area contributed by atoms with Gasteiger partial charge in [-0.3, -0.25) is 9.69 Å². The molecule has 0 aromatic heterocycles. The van der Waals surface area contributed by atoms with Gasteiger partial charge in [-0.15, -0.1) is 0 Å². The third-order valence-electron chi connectivity index (χ3n) is 2.16. The number of rotatable bonds is 6. The Hall–Kier alpha value is -1.14. The van der Waals surface area contributed by atoms with Crippen molar-refractivity contribution in [2.75, 3.05) is 13.1 Å². The first-order valence-electron chi connectivity index (χ1n) is 5.78. The van der Waals surface area contributed by atoms with Crippen molar-refractivity contribution in [1.82, 2.24) is 4.90 Å². The van der Waals surface area contributed by atoms with Gasteiger partial charge in [0.05, 0.1) is 6.54 Å². The minimum Gasteiger partial charge on any atom is -0.515 e. The third-order valence-corrected chi connectivity index (χ3v) is 2.77. The standard InChI is InChI=1S/C12H22NO4Si/c1-12(2,3)13(9-10(14)15)8-6-7-11(16)17-18(4)5/h6-7H,8-9H2,1-5H3,(H,14,15). The first-order valence-corrected chi connectivity index (χ1v) is 8.19. The number of nitrogens with zero attached hydrogens (tertiary/aromatic N) is 1. The molecule has 0 aromatic rings. The van der Waals surface area contributed by atoms with Gasteiger partial charge in [0.25, 0.3) is 9.04 Å². The van der Waals surface area contributed by atoms with Gasteiger partial charge in [-0.2, -0.15) is 0 Å². The molecule has 0 bridgehead atoms. The van der Waals surface area contributed by atoms with E-state index in [4.69, 9.17) is 9.53 Å². The second kappa shape index (κ2) is 7.33. The van der Waals surface area contributed by atoms with Gasteiger partial charge in [0.2, 0.25) is 0 Å². The topological polar surface area (TPSA) is 66.8 Å². The molecule has 0 heterocycles. The number of carbonyl (C=O) groups excluding carboxylic acids is 1. The van der Waals surface area contributed by atoms with Crippen LogP contribution in [-0.4, -0.2) is 49.6 Å². The zero-order chi connectivity index (χ0) is 14.3. The number of aliphatic carboxylic acids is 1. The quantitative estimate of drug-likeness (QED) is 0.586. The molecule has 0 rings (SSSR count). The average molecular weight is 272 g/mol. The normalized spacial score (nSPS) is 12.4. The molecular weight excluding hydrogens is 250 g/mol. The molecule has 1 N–H and O–H groups in total. The van der Waals surface area contributed by atoms with E-state index >= 15 is 0 Å². The van der Waals surface area contributed by atoms with Gasteiger partial charge in [-0.05, 0) is 33.9 Å². The molecular formula is C12H22NO4Si. The fourth-order valence-corrected chi connectivity index (χ4v) is 1.72. The highest BCUT2D eigenvalue weighted by atomic mass is 28.3. The van der Waals surface area contributed by atoms with Crippen molar-refractivity contribution < 1.29 is 19.1 Å². The molecule has 6 heteroatoms. The number of hydrogen-bond acceptors (Lipinski definition) is 4. The molecule has 18 heavy (non-hydrogen) atoms. The van der Waals surface area contributed by atoms with Gasteiger partial charge in [0.15, 0.2) is 0 Å². The van der Waals surface area contributed by atoms with E-state index in [0.717, 1.165) is 0 Å². The Morgan fingerprint density at radius 3 is 2.28 bits per heavy atom. The van der Waals surface area contributed by atoms with Crippen molar-refractivity contribution in [1.29, 1.82) is 0 Å². The van der Waals surface area contributed by atoms with Gasteiger partial charge >= 0.3 is 11.9 Å². The highest BCUT2D eigenvalue weighted by Crippen LogP contribution is 2.12. The molecule has 0 spiro atoms. The van der Waals surface area contributed by atoms with E-state index in [9.17, 15) is 9.59 Å². The van der Waals surface area contributed by atoms with Crippen LogP contribution in [0, 0.1) is 0 Å². The van der Waals surface area contributed by atoms with Gasteiger partial charge in [-0.1, -0.05) is 6.08 Å². The van der Waals surface area contributed by atoms with Crippen LogP contribution in [0.1, 0.15) is 20.8 Å². The maximum Gasteiger partial charge on any atom is 0.317 e. The number of carboxylic acids is 1. The number of carbonyl (C=O) groups is 2. The van der Waals surface area contributed by atoms with Crippen LogP contribution in [0.5, 0.6) is 0 Å². The summed E-state index contributed by atoms with van der Waals surface area (Å²) in [6.45, 7) is 9.90. The van der Waals surface area contributed by atoms with Crippen LogP contribution in [0.25, 0.3) is 0 Å². The molecule has 0 saturated carbocycles. The molecule has 0 atom stereocenters. The monoisotopic (exact) mass is 272 g/mol. The maximum absolute atomic E-state index is 11.3. The average Bonchev–Trinajstić information content (AvgIpc) is 2.12. The lowest BCUT2D eigenvalue weighted by atomic mass is 10.1. The number of carboxylic acid groups (broad SMARTS) is 1. The highest BCUT2D eigenvalue weighted by Gasteiger charge is 2.22. The van der Waals surface area contributed by atoms with Gasteiger partial charge in [0, 0.05) is 18.2 Å². The van der Waals surface area contributed by atoms with Gasteiger partial charge in [0.1, 0.15) is 0 Å². The van der Waals surface area contributed by atoms with E-state index < -0.39 is 15.0 Å². The molecule has 0 saturated heterocycles. The third kappa shape index (κ3) is 8.02. The fraction of sp³-hybridized carbons (Fsp3) is 0.667. The SMILES string of the molecule is C[Si](C)OC(=O)C=CCN(CC(=O)O)C(C)(C)C. The summed E-state index contributed by atoms with van der Waals surface area (Å²) in [5.74, 6) is -1.24. The summed E-state index contributed by atoms with van der Waals surface area (Å²) in [6, 6.07) is 0. The van der Waals surface area contributed by atoms with Crippen LogP contribution in [0.2, 0.25) is 13.1 Å². The van der Waals surface area contributed by atoms with Crippen LogP contribution in [0.4, 0.5) is 0 Å². The Morgan fingerprint density at radius 2 is 1.89 bits per heavy atom. The van der Waals surface area contributed by atoms with E-state index in [1.807, 2.05) is 33.9 Å². The molecule has 0 aromatic carbocycles. The van der Waals surface area contributed by atoms with E-state index in [2.05, 4.69) is 0 Å². The lowest BCUT2D eigenvalue weighted by Gasteiger charge is -2.33. The van der Waals surface area contributed by atoms with E-state index in [1.165, 1.54) is 6.08 Å². The molecule has 1 radical (unpaired) electrons. The maximum atomic E-state index is 11.3. The second-order valence-electron chi connectivity index (χ2n) is 5.18. The lowest BCUT2D eigenvalue weighted by molar-refractivity contribution is -0.139. The molecule has 0 amide bonds. The molecule has 0 aliphatic carbocycles. The predicted octanol–water partition coefficient (Wildman–Crippen LogP) is 1.52. The molecule has 103 valence electrons. The van der Waals surface area contributed by atoms with Crippen molar-refractivity contribution in [3.63, 3.8) is 0 Å². The summed E-state index contributed by atoms with van der Waals surface area (Å²) in [7, 11) is -1.04. The van der Waals surface area contributed by atoms with E-state index in [-0.39, 0.29) is 18.1 Å². The predicted molar refractivity (Wildman–Crippen MR) is 71.7 cm³/mol. The molecule has 0 fully saturated rings. The Labute approximate surface area is 110 Å². The molecule has 5 nitrogen and oxygen atoms in total. The summed E-state index contributed by atoms with van der Waals surface area (Å²) in [5.41, 5.74) is -0.267. The smallest absolute Gasteiger partial charge is 0.317 e. The first-order chi connectivity index (χ1) is 8.12. The van der Waals surface area contributed by atoms with Crippen molar-refractivity contribution in [2.24, 2.45) is 0 Å². The van der Waals surface area contributed by atoms with Crippen molar-refractivity contribution in [3.05, 3.63) is 12.2 Å². The molecule has 0 aliphatic heterocycles.